The molecule has 0 spiro atoms. The standard InChI is InChI=1S/C26H33N3O/c1-17(21-7-3-2-4-8-21)29-23-10-6-5-9-22(23)24(28-29)25(30)27-26-14-18-11-19(15-26)13-20(12-18)16-26/h2-4,7-8,17-20H,5-6,9-16H2,1H3,(H,27,30). The van der Waals surface area contributed by atoms with E-state index in [9.17, 15) is 4.79 Å². The maximum atomic E-state index is 13.6. The van der Waals surface area contributed by atoms with Gasteiger partial charge in [0.25, 0.3) is 5.91 Å². The fourth-order valence-corrected chi connectivity index (χ4v) is 7.57. The molecule has 5 aliphatic carbocycles. The molecule has 0 saturated heterocycles. The van der Waals surface area contributed by atoms with Gasteiger partial charge in [-0.3, -0.25) is 9.48 Å². The van der Waals surface area contributed by atoms with Crippen LogP contribution in [0, 0.1) is 17.8 Å². The molecule has 1 aromatic carbocycles. The number of hydrogen-bond donors (Lipinski definition) is 1. The molecule has 0 aliphatic heterocycles. The van der Waals surface area contributed by atoms with E-state index in [0.717, 1.165) is 37.0 Å². The molecule has 1 unspecified atom stereocenters. The Morgan fingerprint density at radius 2 is 1.67 bits per heavy atom. The van der Waals surface area contributed by atoms with Crippen LogP contribution in [-0.4, -0.2) is 21.2 Å². The van der Waals surface area contributed by atoms with Crippen LogP contribution in [-0.2, 0) is 12.8 Å². The van der Waals surface area contributed by atoms with Crippen LogP contribution in [0.5, 0.6) is 0 Å². The minimum atomic E-state index is 0.0439. The summed E-state index contributed by atoms with van der Waals surface area (Å²) in [5.41, 5.74) is 4.51. The Morgan fingerprint density at radius 1 is 1.03 bits per heavy atom. The topological polar surface area (TPSA) is 46.9 Å². The number of carbonyl (C=O) groups excluding carboxylic acids is 1. The summed E-state index contributed by atoms with van der Waals surface area (Å²) in [4.78, 5) is 13.6. The van der Waals surface area contributed by atoms with Crippen molar-refractivity contribution in [3.8, 4) is 0 Å². The quantitative estimate of drug-likeness (QED) is 0.775. The van der Waals surface area contributed by atoms with Crippen molar-refractivity contribution >= 4 is 5.91 Å². The number of benzene rings is 1. The maximum Gasteiger partial charge on any atom is 0.272 e. The number of rotatable bonds is 4. The number of amides is 1. The summed E-state index contributed by atoms with van der Waals surface area (Å²) in [5, 5.41) is 8.54. The maximum absolute atomic E-state index is 13.6. The second-order valence-corrected chi connectivity index (χ2v) is 10.7. The van der Waals surface area contributed by atoms with Crippen molar-refractivity contribution in [1.29, 1.82) is 0 Å². The van der Waals surface area contributed by atoms with Crippen molar-refractivity contribution in [2.24, 2.45) is 17.8 Å². The van der Waals surface area contributed by atoms with Crippen LogP contribution in [0.15, 0.2) is 30.3 Å². The first-order chi connectivity index (χ1) is 14.6. The Balaban J connectivity index is 1.32. The van der Waals surface area contributed by atoms with E-state index in [0.29, 0.717) is 5.69 Å². The first-order valence-electron chi connectivity index (χ1n) is 12.1. The van der Waals surface area contributed by atoms with Gasteiger partial charge < -0.3 is 5.32 Å². The highest BCUT2D eigenvalue weighted by Gasteiger charge is 2.51. The molecule has 2 aromatic rings. The number of nitrogens with one attached hydrogen (secondary N) is 1. The third kappa shape index (κ3) is 3.02. The van der Waals surface area contributed by atoms with Gasteiger partial charge in [-0.1, -0.05) is 30.3 Å². The normalized spacial score (nSPS) is 32.6. The molecule has 5 aliphatic rings. The molecule has 7 rings (SSSR count). The molecular weight excluding hydrogens is 370 g/mol. The van der Waals surface area contributed by atoms with Gasteiger partial charge in [-0.2, -0.15) is 5.10 Å². The number of carbonyl (C=O) groups is 1. The number of aromatic nitrogens is 2. The van der Waals surface area contributed by atoms with Gasteiger partial charge in [0.05, 0.1) is 6.04 Å². The van der Waals surface area contributed by atoms with Gasteiger partial charge in [-0.05, 0) is 94.4 Å². The Labute approximate surface area is 179 Å². The van der Waals surface area contributed by atoms with E-state index in [1.807, 2.05) is 0 Å². The van der Waals surface area contributed by atoms with E-state index in [4.69, 9.17) is 5.10 Å². The van der Waals surface area contributed by atoms with Crippen LogP contribution >= 0.6 is 0 Å². The van der Waals surface area contributed by atoms with Crippen molar-refractivity contribution in [3.63, 3.8) is 0 Å². The van der Waals surface area contributed by atoms with Crippen LogP contribution in [0.4, 0.5) is 0 Å². The largest absolute Gasteiger partial charge is 0.345 e. The molecule has 4 fully saturated rings. The third-order valence-corrected chi connectivity index (χ3v) is 8.49. The highest BCUT2D eigenvalue weighted by atomic mass is 16.2. The van der Waals surface area contributed by atoms with Crippen molar-refractivity contribution in [3.05, 3.63) is 52.8 Å². The summed E-state index contributed by atoms with van der Waals surface area (Å²) in [5.74, 6) is 2.59. The smallest absolute Gasteiger partial charge is 0.272 e. The summed E-state index contributed by atoms with van der Waals surface area (Å²) < 4.78 is 2.15. The van der Waals surface area contributed by atoms with Gasteiger partial charge in [0, 0.05) is 16.8 Å². The Hall–Kier alpha value is -2.10. The molecule has 1 amide bonds. The SMILES string of the molecule is CC(c1ccccc1)n1nc(C(=O)NC23CC4CC(CC(C4)C2)C3)c2c1CCCC2. The second-order valence-electron chi connectivity index (χ2n) is 10.7. The zero-order chi connectivity index (χ0) is 20.3. The number of hydrogen-bond acceptors (Lipinski definition) is 2. The van der Waals surface area contributed by atoms with Crippen molar-refractivity contribution in [1.82, 2.24) is 15.1 Å². The van der Waals surface area contributed by atoms with Gasteiger partial charge in [0.15, 0.2) is 5.69 Å². The predicted molar refractivity (Wildman–Crippen MR) is 117 cm³/mol. The lowest BCUT2D eigenvalue weighted by Crippen LogP contribution is -2.60. The molecule has 1 atom stereocenters. The Kier molecular flexibility index (Phi) is 4.33. The molecule has 30 heavy (non-hydrogen) atoms. The molecule has 158 valence electrons. The average molecular weight is 404 g/mol. The van der Waals surface area contributed by atoms with E-state index < -0.39 is 0 Å². The van der Waals surface area contributed by atoms with E-state index in [1.54, 1.807) is 0 Å². The average Bonchev–Trinajstić information content (AvgIpc) is 3.12. The van der Waals surface area contributed by atoms with Crippen LogP contribution in [0.25, 0.3) is 0 Å². The molecule has 1 N–H and O–H groups in total. The van der Waals surface area contributed by atoms with Crippen LogP contribution in [0.1, 0.15) is 91.6 Å². The van der Waals surface area contributed by atoms with Gasteiger partial charge in [0.1, 0.15) is 0 Å². The van der Waals surface area contributed by atoms with Crippen molar-refractivity contribution in [2.45, 2.75) is 82.7 Å². The monoisotopic (exact) mass is 403 g/mol. The third-order valence-electron chi connectivity index (χ3n) is 8.49. The second kappa shape index (κ2) is 6.96. The fourth-order valence-electron chi connectivity index (χ4n) is 7.57. The van der Waals surface area contributed by atoms with Crippen LogP contribution in [0.2, 0.25) is 0 Å². The van der Waals surface area contributed by atoms with Gasteiger partial charge in [-0.25, -0.2) is 0 Å². The fraction of sp³-hybridized carbons (Fsp3) is 0.615. The number of nitrogens with zero attached hydrogens (tertiary/aromatic N) is 2. The lowest BCUT2D eigenvalue weighted by molar-refractivity contribution is -0.0168. The van der Waals surface area contributed by atoms with Gasteiger partial charge >= 0.3 is 0 Å². The highest BCUT2D eigenvalue weighted by Crippen LogP contribution is 2.55. The van der Waals surface area contributed by atoms with E-state index in [1.165, 1.54) is 61.8 Å². The molecule has 4 saturated carbocycles. The summed E-state index contributed by atoms with van der Waals surface area (Å²) in [7, 11) is 0. The molecule has 4 bridgehead atoms. The Morgan fingerprint density at radius 3 is 2.33 bits per heavy atom. The van der Waals surface area contributed by atoms with E-state index in [-0.39, 0.29) is 17.5 Å². The number of fused-ring (bicyclic) bond motifs is 1. The van der Waals surface area contributed by atoms with Crippen molar-refractivity contribution in [2.75, 3.05) is 0 Å². The summed E-state index contributed by atoms with van der Waals surface area (Å²) in [6.07, 6.45) is 12.1. The van der Waals surface area contributed by atoms with E-state index >= 15 is 0 Å². The first-order valence-corrected chi connectivity index (χ1v) is 12.1. The minimum absolute atomic E-state index is 0.0439. The molecule has 4 heteroatoms. The molecular formula is C26H33N3O. The molecule has 0 radical (unpaired) electrons. The van der Waals surface area contributed by atoms with E-state index in [2.05, 4.69) is 47.3 Å². The molecule has 1 heterocycles. The highest BCUT2D eigenvalue weighted by molar-refractivity contribution is 5.94. The predicted octanol–water partition coefficient (Wildman–Crippen LogP) is 5.07. The lowest BCUT2D eigenvalue weighted by atomic mass is 9.53. The zero-order valence-electron chi connectivity index (χ0n) is 18.1. The lowest BCUT2D eigenvalue weighted by Gasteiger charge is -2.56. The Bertz CT molecular complexity index is 925. The summed E-state index contributed by atoms with van der Waals surface area (Å²) in [6, 6.07) is 10.7. The zero-order valence-corrected chi connectivity index (χ0v) is 18.1. The summed E-state index contributed by atoms with van der Waals surface area (Å²) >= 11 is 0. The van der Waals surface area contributed by atoms with Gasteiger partial charge in [-0.15, -0.1) is 0 Å². The minimum Gasteiger partial charge on any atom is -0.345 e. The summed E-state index contributed by atoms with van der Waals surface area (Å²) in [6.45, 7) is 2.21. The first kappa shape index (κ1) is 18.7. The van der Waals surface area contributed by atoms with Crippen LogP contribution in [0.3, 0.4) is 0 Å². The molecule has 1 aromatic heterocycles. The van der Waals surface area contributed by atoms with Crippen LogP contribution < -0.4 is 5.32 Å². The van der Waals surface area contributed by atoms with Crippen molar-refractivity contribution < 1.29 is 4.79 Å². The van der Waals surface area contributed by atoms with Gasteiger partial charge in [0.2, 0.25) is 0 Å². The molecule has 4 nitrogen and oxygen atoms in total.